The minimum Gasteiger partial charge on any atom is -0.396 e. The van der Waals surface area contributed by atoms with E-state index in [4.69, 9.17) is 5.11 Å². The Hall–Kier alpha value is -1.62. The molecule has 19 heavy (non-hydrogen) atoms. The van der Waals surface area contributed by atoms with Crippen molar-refractivity contribution in [3.05, 3.63) is 23.9 Å². The Labute approximate surface area is 113 Å². The van der Waals surface area contributed by atoms with Crippen LogP contribution in [-0.4, -0.2) is 42.7 Å². The molecule has 0 saturated heterocycles. The summed E-state index contributed by atoms with van der Waals surface area (Å²) >= 11 is 0. The summed E-state index contributed by atoms with van der Waals surface area (Å²) < 4.78 is 0. The fraction of sp³-hybridized carbons (Fsp3) is 0.571. The van der Waals surface area contributed by atoms with Gasteiger partial charge in [0.2, 0.25) is 0 Å². The van der Waals surface area contributed by atoms with E-state index in [0.29, 0.717) is 23.7 Å². The topological polar surface area (TPSA) is 65.5 Å². The summed E-state index contributed by atoms with van der Waals surface area (Å²) in [5, 5.41) is 12.1. The zero-order valence-electron chi connectivity index (χ0n) is 11.5. The number of hydrogen-bond acceptors (Lipinski definition) is 4. The van der Waals surface area contributed by atoms with E-state index >= 15 is 0 Å². The molecule has 1 heterocycles. The second-order valence-electron chi connectivity index (χ2n) is 5.20. The molecule has 5 heteroatoms. The second-order valence-corrected chi connectivity index (χ2v) is 5.20. The molecule has 1 atom stereocenters. The number of aromatic nitrogens is 1. The number of nitrogens with zero attached hydrogens (tertiary/aromatic N) is 2. The smallest absolute Gasteiger partial charge is 0.255 e. The summed E-state index contributed by atoms with van der Waals surface area (Å²) in [6.07, 6.45) is 4.57. The van der Waals surface area contributed by atoms with E-state index in [1.54, 1.807) is 18.3 Å². The fourth-order valence-corrected chi connectivity index (χ4v) is 2.24. The van der Waals surface area contributed by atoms with Crippen LogP contribution in [0.1, 0.15) is 29.6 Å². The minimum absolute atomic E-state index is 0.0766. The van der Waals surface area contributed by atoms with Gasteiger partial charge in [0.05, 0.1) is 5.56 Å². The molecule has 5 nitrogen and oxygen atoms in total. The van der Waals surface area contributed by atoms with Gasteiger partial charge in [0.25, 0.3) is 5.91 Å². The van der Waals surface area contributed by atoms with Crippen LogP contribution in [0.25, 0.3) is 0 Å². The highest BCUT2D eigenvalue weighted by Crippen LogP contribution is 2.34. The van der Waals surface area contributed by atoms with Crippen molar-refractivity contribution < 1.29 is 9.90 Å². The van der Waals surface area contributed by atoms with Crippen LogP contribution in [0.15, 0.2) is 18.3 Å². The van der Waals surface area contributed by atoms with E-state index in [2.05, 4.69) is 10.3 Å². The lowest BCUT2D eigenvalue weighted by atomic mass is 10.1. The number of carbonyl (C=O) groups is 1. The fourth-order valence-electron chi connectivity index (χ4n) is 2.24. The maximum atomic E-state index is 12.3. The van der Waals surface area contributed by atoms with Gasteiger partial charge >= 0.3 is 0 Å². The normalized spacial score (nSPS) is 15.9. The summed E-state index contributed by atoms with van der Waals surface area (Å²) in [5.74, 6) is 1.08. The maximum absolute atomic E-state index is 12.3. The quantitative estimate of drug-likeness (QED) is 0.805. The SMILES string of the molecule is CN(C)c1ncccc1C(=O)NC(CCO)C1CC1. The monoisotopic (exact) mass is 263 g/mol. The minimum atomic E-state index is -0.109. The van der Waals surface area contributed by atoms with Gasteiger partial charge in [-0.2, -0.15) is 0 Å². The largest absolute Gasteiger partial charge is 0.396 e. The van der Waals surface area contributed by atoms with Crippen LogP contribution in [0.2, 0.25) is 0 Å². The lowest BCUT2D eigenvalue weighted by Gasteiger charge is -2.20. The molecule has 1 fully saturated rings. The van der Waals surface area contributed by atoms with Crippen LogP contribution >= 0.6 is 0 Å². The predicted octanol–water partition coefficient (Wildman–Crippen LogP) is 1.04. The first kappa shape index (κ1) is 13.8. The first-order valence-corrected chi connectivity index (χ1v) is 6.67. The number of rotatable bonds is 6. The molecule has 1 saturated carbocycles. The molecule has 1 aliphatic rings. The molecule has 104 valence electrons. The number of hydrogen-bond donors (Lipinski definition) is 2. The molecule has 0 aliphatic heterocycles. The Morgan fingerprint density at radius 2 is 2.32 bits per heavy atom. The molecule has 0 radical (unpaired) electrons. The molecule has 2 N–H and O–H groups in total. The summed E-state index contributed by atoms with van der Waals surface area (Å²) in [4.78, 5) is 18.4. The summed E-state index contributed by atoms with van der Waals surface area (Å²) in [5.41, 5.74) is 0.580. The number of aliphatic hydroxyl groups is 1. The van der Waals surface area contributed by atoms with Gasteiger partial charge < -0.3 is 15.3 Å². The highest BCUT2D eigenvalue weighted by molar-refractivity contribution is 5.99. The van der Waals surface area contributed by atoms with E-state index in [-0.39, 0.29) is 18.6 Å². The number of pyridine rings is 1. The van der Waals surface area contributed by atoms with Gasteiger partial charge in [0.15, 0.2) is 0 Å². The van der Waals surface area contributed by atoms with Crippen molar-refractivity contribution in [3.63, 3.8) is 0 Å². The first-order valence-electron chi connectivity index (χ1n) is 6.67. The molecular formula is C14H21N3O2. The van der Waals surface area contributed by atoms with E-state index in [9.17, 15) is 4.79 Å². The second kappa shape index (κ2) is 6.02. The van der Waals surface area contributed by atoms with Crippen LogP contribution in [0.3, 0.4) is 0 Å². The standard InChI is InChI=1S/C14H21N3O2/c1-17(2)13-11(4-3-8-15-13)14(19)16-12(7-9-18)10-5-6-10/h3-4,8,10,12,18H,5-7,9H2,1-2H3,(H,16,19). The molecule has 0 aromatic carbocycles. The highest BCUT2D eigenvalue weighted by atomic mass is 16.3. The molecule has 1 aromatic rings. The van der Waals surface area contributed by atoms with E-state index in [0.717, 1.165) is 12.8 Å². The van der Waals surface area contributed by atoms with Crippen LogP contribution < -0.4 is 10.2 Å². The highest BCUT2D eigenvalue weighted by Gasteiger charge is 2.32. The van der Waals surface area contributed by atoms with Crippen LogP contribution in [0.4, 0.5) is 5.82 Å². The third-order valence-electron chi connectivity index (χ3n) is 3.40. The van der Waals surface area contributed by atoms with Crippen molar-refractivity contribution >= 4 is 11.7 Å². The Bertz CT molecular complexity index is 444. The molecule has 1 amide bonds. The average Bonchev–Trinajstić information content (AvgIpc) is 3.22. The number of aliphatic hydroxyl groups excluding tert-OH is 1. The molecule has 1 aliphatic carbocycles. The molecule has 2 rings (SSSR count). The molecule has 1 unspecified atom stereocenters. The number of anilines is 1. The van der Waals surface area contributed by atoms with Crippen molar-refractivity contribution in [1.82, 2.24) is 10.3 Å². The first-order chi connectivity index (χ1) is 9.13. The van der Waals surface area contributed by atoms with E-state index < -0.39 is 0 Å². The molecular weight excluding hydrogens is 242 g/mol. The van der Waals surface area contributed by atoms with Crippen molar-refractivity contribution in [2.45, 2.75) is 25.3 Å². The predicted molar refractivity (Wildman–Crippen MR) is 74.2 cm³/mol. The lowest BCUT2D eigenvalue weighted by molar-refractivity contribution is 0.0924. The van der Waals surface area contributed by atoms with Crippen molar-refractivity contribution in [2.75, 3.05) is 25.6 Å². The molecule has 0 bridgehead atoms. The van der Waals surface area contributed by atoms with Gasteiger partial charge in [-0.15, -0.1) is 0 Å². The number of nitrogens with one attached hydrogen (secondary N) is 1. The van der Waals surface area contributed by atoms with Gasteiger partial charge in [-0.05, 0) is 37.3 Å². The third kappa shape index (κ3) is 3.44. The Morgan fingerprint density at radius 3 is 2.89 bits per heavy atom. The zero-order chi connectivity index (χ0) is 13.8. The summed E-state index contributed by atoms with van der Waals surface area (Å²) in [6, 6.07) is 3.62. The molecule has 0 spiro atoms. The van der Waals surface area contributed by atoms with Gasteiger partial charge in [-0.1, -0.05) is 0 Å². The van der Waals surface area contributed by atoms with E-state index in [1.807, 2.05) is 19.0 Å². The van der Waals surface area contributed by atoms with Crippen LogP contribution in [-0.2, 0) is 0 Å². The van der Waals surface area contributed by atoms with E-state index in [1.165, 1.54) is 0 Å². The number of carbonyl (C=O) groups excluding carboxylic acids is 1. The van der Waals surface area contributed by atoms with Crippen molar-refractivity contribution in [1.29, 1.82) is 0 Å². The van der Waals surface area contributed by atoms with Crippen LogP contribution in [0.5, 0.6) is 0 Å². The van der Waals surface area contributed by atoms with Gasteiger partial charge in [-0.25, -0.2) is 4.98 Å². The number of amides is 1. The van der Waals surface area contributed by atoms with Gasteiger partial charge in [-0.3, -0.25) is 4.79 Å². The molecule has 1 aromatic heterocycles. The van der Waals surface area contributed by atoms with Gasteiger partial charge in [0, 0.05) is 32.9 Å². The zero-order valence-corrected chi connectivity index (χ0v) is 11.5. The Kier molecular flexibility index (Phi) is 4.37. The third-order valence-corrected chi connectivity index (χ3v) is 3.40. The lowest BCUT2D eigenvalue weighted by Crippen LogP contribution is -2.37. The van der Waals surface area contributed by atoms with Crippen molar-refractivity contribution in [3.8, 4) is 0 Å². The summed E-state index contributed by atoms with van der Waals surface area (Å²) in [7, 11) is 3.73. The van der Waals surface area contributed by atoms with Crippen LogP contribution in [0, 0.1) is 5.92 Å². The average molecular weight is 263 g/mol. The van der Waals surface area contributed by atoms with Gasteiger partial charge in [0.1, 0.15) is 5.82 Å². The maximum Gasteiger partial charge on any atom is 0.255 e. The van der Waals surface area contributed by atoms with Crippen molar-refractivity contribution in [2.24, 2.45) is 5.92 Å². The Balaban J connectivity index is 2.10. The Morgan fingerprint density at radius 1 is 1.58 bits per heavy atom. The summed E-state index contributed by atoms with van der Waals surface area (Å²) in [6.45, 7) is 0.106.